The minimum atomic E-state index is -0.908. The molecule has 0 radical (unpaired) electrons. The summed E-state index contributed by atoms with van der Waals surface area (Å²) >= 11 is 0. The molecule has 0 aliphatic carbocycles. The maximum Gasteiger partial charge on any atom is 0.163 e. The third kappa shape index (κ3) is 3.55. The summed E-state index contributed by atoms with van der Waals surface area (Å²) in [4.78, 5) is 0. The molecule has 2 aromatic carbocycles. The summed E-state index contributed by atoms with van der Waals surface area (Å²) in [6.07, 6.45) is 0. The summed E-state index contributed by atoms with van der Waals surface area (Å²) in [7, 11) is 1.62. The molecule has 5 heteroatoms. The molecule has 2 rings (SSSR count). The summed E-state index contributed by atoms with van der Waals surface area (Å²) in [6.45, 7) is 1.71. The van der Waals surface area contributed by atoms with Gasteiger partial charge in [-0.3, -0.25) is 0 Å². The molecule has 1 N–H and O–H groups in total. The fraction of sp³-hybridized carbons (Fsp3) is 0.250. The van der Waals surface area contributed by atoms with E-state index in [0.717, 1.165) is 6.07 Å². The highest BCUT2D eigenvalue weighted by Crippen LogP contribution is 2.22. The Hall–Kier alpha value is -2.01. The maximum atomic E-state index is 13.8. The van der Waals surface area contributed by atoms with Gasteiger partial charge >= 0.3 is 0 Å². The molecule has 0 amide bonds. The number of aryl methyl sites for hydroxylation is 1. The Morgan fingerprint density at radius 2 is 1.86 bits per heavy atom. The highest BCUT2D eigenvalue weighted by Gasteiger charge is 2.17. The van der Waals surface area contributed by atoms with Crippen molar-refractivity contribution in [3.63, 3.8) is 0 Å². The normalized spacial score (nSPS) is 12.2. The van der Waals surface area contributed by atoms with Crippen molar-refractivity contribution < 1.29 is 17.9 Å². The molecule has 0 bridgehead atoms. The zero-order valence-corrected chi connectivity index (χ0v) is 11.8. The van der Waals surface area contributed by atoms with Crippen molar-refractivity contribution >= 4 is 0 Å². The van der Waals surface area contributed by atoms with E-state index in [1.807, 2.05) is 0 Å². The molecular weight excluding hydrogens is 279 g/mol. The van der Waals surface area contributed by atoms with Crippen LogP contribution in [0.3, 0.4) is 0 Å². The average Bonchev–Trinajstić information content (AvgIpc) is 2.47. The van der Waals surface area contributed by atoms with Crippen LogP contribution in [0.5, 0.6) is 5.75 Å². The van der Waals surface area contributed by atoms with Crippen molar-refractivity contribution in [2.75, 3.05) is 13.7 Å². The van der Waals surface area contributed by atoms with Gasteiger partial charge in [0.15, 0.2) is 11.6 Å². The second-order valence-electron chi connectivity index (χ2n) is 4.71. The first kappa shape index (κ1) is 15.4. The van der Waals surface area contributed by atoms with Crippen LogP contribution in [0.15, 0.2) is 36.4 Å². The van der Waals surface area contributed by atoms with Crippen molar-refractivity contribution in [3.8, 4) is 5.75 Å². The predicted molar refractivity (Wildman–Crippen MR) is 74.8 cm³/mol. The Balaban J connectivity index is 2.12. The minimum absolute atomic E-state index is 0.0549. The quantitative estimate of drug-likeness (QED) is 0.907. The molecule has 0 fully saturated rings. The van der Waals surface area contributed by atoms with Crippen LogP contribution < -0.4 is 10.1 Å². The minimum Gasteiger partial charge on any atom is -0.491 e. The molecule has 0 heterocycles. The monoisotopic (exact) mass is 295 g/mol. The number of rotatable bonds is 5. The van der Waals surface area contributed by atoms with E-state index in [4.69, 9.17) is 4.74 Å². The van der Waals surface area contributed by atoms with Gasteiger partial charge in [0.05, 0.1) is 6.04 Å². The summed E-state index contributed by atoms with van der Waals surface area (Å²) in [5, 5.41) is 2.86. The van der Waals surface area contributed by atoms with Crippen molar-refractivity contribution in [1.29, 1.82) is 0 Å². The van der Waals surface area contributed by atoms with Crippen LogP contribution in [-0.4, -0.2) is 13.7 Å². The number of halogens is 3. The fourth-order valence-corrected chi connectivity index (χ4v) is 1.96. The van der Waals surface area contributed by atoms with E-state index in [9.17, 15) is 13.2 Å². The molecule has 21 heavy (non-hydrogen) atoms. The molecule has 0 saturated carbocycles. The molecule has 2 nitrogen and oxygen atoms in total. The third-order valence-electron chi connectivity index (χ3n) is 3.27. The lowest BCUT2D eigenvalue weighted by molar-refractivity contribution is 0.267. The lowest BCUT2D eigenvalue weighted by Gasteiger charge is -2.18. The van der Waals surface area contributed by atoms with Gasteiger partial charge in [0.1, 0.15) is 18.2 Å². The third-order valence-corrected chi connectivity index (χ3v) is 3.27. The van der Waals surface area contributed by atoms with E-state index in [1.54, 1.807) is 26.1 Å². The van der Waals surface area contributed by atoms with Gasteiger partial charge in [-0.25, -0.2) is 13.2 Å². The number of benzene rings is 2. The second kappa shape index (κ2) is 6.63. The molecule has 0 aliphatic heterocycles. The summed E-state index contributed by atoms with van der Waals surface area (Å²) in [6, 6.07) is 7.94. The van der Waals surface area contributed by atoms with Gasteiger partial charge in [-0.05, 0) is 31.7 Å². The Bertz CT molecular complexity index is 631. The van der Waals surface area contributed by atoms with Gasteiger partial charge in [0, 0.05) is 11.6 Å². The van der Waals surface area contributed by atoms with Crippen LogP contribution in [0, 0.1) is 24.4 Å². The van der Waals surface area contributed by atoms with E-state index < -0.39 is 17.7 Å². The topological polar surface area (TPSA) is 21.3 Å². The van der Waals surface area contributed by atoms with E-state index >= 15 is 0 Å². The molecule has 1 atom stereocenters. The Kier molecular flexibility index (Phi) is 4.85. The van der Waals surface area contributed by atoms with Crippen LogP contribution in [0.25, 0.3) is 0 Å². The van der Waals surface area contributed by atoms with Crippen molar-refractivity contribution in [1.82, 2.24) is 5.32 Å². The largest absolute Gasteiger partial charge is 0.491 e. The smallest absolute Gasteiger partial charge is 0.163 e. The summed E-state index contributed by atoms with van der Waals surface area (Å²) < 4.78 is 45.9. The van der Waals surface area contributed by atoms with Gasteiger partial charge in [-0.2, -0.15) is 0 Å². The average molecular weight is 295 g/mol. The summed E-state index contributed by atoms with van der Waals surface area (Å²) in [5.74, 6) is -1.84. The first-order chi connectivity index (χ1) is 10.0. The molecular formula is C16H16F3NO. The van der Waals surface area contributed by atoms with Gasteiger partial charge in [-0.1, -0.05) is 18.2 Å². The molecule has 0 aromatic heterocycles. The lowest BCUT2D eigenvalue weighted by Crippen LogP contribution is -2.24. The summed E-state index contributed by atoms with van der Waals surface area (Å²) in [5.41, 5.74) is 0.689. The Morgan fingerprint density at radius 3 is 2.52 bits per heavy atom. The Labute approximate surface area is 121 Å². The zero-order valence-electron chi connectivity index (χ0n) is 11.8. The first-order valence-electron chi connectivity index (χ1n) is 6.53. The fourth-order valence-electron chi connectivity index (χ4n) is 1.96. The van der Waals surface area contributed by atoms with Crippen LogP contribution in [-0.2, 0) is 0 Å². The number of hydrogen-bond acceptors (Lipinski definition) is 2. The SMILES string of the molecule is CNC(COc1ccc(C)c(F)c1)c1cccc(F)c1F. The molecule has 1 unspecified atom stereocenters. The zero-order chi connectivity index (χ0) is 15.4. The predicted octanol–water partition coefficient (Wildman–Crippen LogP) is 3.75. The number of nitrogens with one attached hydrogen (secondary N) is 1. The van der Waals surface area contributed by atoms with E-state index in [2.05, 4.69) is 5.32 Å². The molecule has 2 aromatic rings. The van der Waals surface area contributed by atoms with E-state index in [0.29, 0.717) is 11.3 Å². The van der Waals surface area contributed by atoms with Gasteiger partial charge in [-0.15, -0.1) is 0 Å². The van der Waals surface area contributed by atoms with E-state index in [1.165, 1.54) is 18.2 Å². The number of hydrogen-bond donors (Lipinski definition) is 1. The first-order valence-corrected chi connectivity index (χ1v) is 6.53. The van der Waals surface area contributed by atoms with Crippen molar-refractivity contribution in [2.24, 2.45) is 0 Å². The van der Waals surface area contributed by atoms with E-state index in [-0.39, 0.29) is 18.0 Å². The highest BCUT2D eigenvalue weighted by molar-refractivity contribution is 5.28. The maximum absolute atomic E-state index is 13.8. The van der Waals surface area contributed by atoms with Crippen molar-refractivity contribution in [2.45, 2.75) is 13.0 Å². The number of likely N-dealkylation sites (N-methyl/N-ethyl adjacent to an activating group) is 1. The van der Waals surface area contributed by atoms with Crippen LogP contribution in [0.4, 0.5) is 13.2 Å². The van der Waals surface area contributed by atoms with Crippen LogP contribution in [0.2, 0.25) is 0 Å². The highest BCUT2D eigenvalue weighted by atomic mass is 19.2. The van der Waals surface area contributed by atoms with Crippen molar-refractivity contribution in [3.05, 3.63) is 65.0 Å². The standard InChI is InChI=1S/C16H16F3NO/c1-10-6-7-11(8-14(10)18)21-9-15(20-2)12-4-3-5-13(17)16(12)19/h3-8,15,20H,9H2,1-2H3. The van der Waals surface area contributed by atoms with Crippen LogP contribution in [0.1, 0.15) is 17.2 Å². The lowest BCUT2D eigenvalue weighted by atomic mass is 10.1. The van der Waals surface area contributed by atoms with Gasteiger partial charge < -0.3 is 10.1 Å². The molecule has 0 saturated heterocycles. The van der Waals surface area contributed by atoms with Crippen LogP contribution >= 0.6 is 0 Å². The molecule has 112 valence electrons. The second-order valence-corrected chi connectivity index (χ2v) is 4.71. The number of ether oxygens (including phenoxy) is 1. The molecule has 0 spiro atoms. The Morgan fingerprint density at radius 1 is 1.10 bits per heavy atom. The van der Waals surface area contributed by atoms with Gasteiger partial charge in [0.25, 0.3) is 0 Å². The molecule has 0 aliphatic rings. The van der Waals surface area contributed by atoms with Gasteiger partial charge in [0.2, 0.25) is 0 Å².